The van der Waals surface area contributed by atoms with Gasteiger partial charge in [-0.2, -0.15) is 13.2 Å². The van der Waals surface area contributed by atoms with Crippen LogP contribution in [0.15, 0.2) is 4.42 Å². The molecule has 1 aliphatic rings. The highest BCUT2D eigenvalue weighted by Crippen LogP contribution is 2.42. The Kier molecular flexibility index (Phi) is 4.67. The molecule has 1 heterocycles. The molecule has 0 aromatic carbocycles. The van der Waals surface area contributed by atoms with Gasteiger partial charge in [0.1, 0.15) is 0 Å². The highest BCUT2D eigenvalue weighted by atomic mass is 19.4. The van der Waals surface area contributed by atoms with Crippen molar-refractivity contribution in [2.45, 2.75) is 64.2 Å². The predicted octanol–water partition coefficient (Wildman–Crippen LogP) is 3.40. The van der Waals surface area contributed by atoms with E-state index in [-0.39, 0.29) is 18.8 Å². The minimum Gasteiger partial charge on any atom is -0.424 e. The number of halogens is 3. The maximum atomic E-state index is 12.6. The standard InChI is InChI=1S/C13H20F3N3O/c1-8(2)17-7-11-18-19-12(20-11)9-3-5-10(6-4-9)13(14,15)16/h8-10,17H,3-7H2,1-2H3. The number of hydrogen-bond acceptors (Lipinski definition) is 4. The van der Waals surface area contributed by atoms with Gasteiger partial charge in [-0.1, -0.05) is 13.8 Å². The average Bonchev–Trinajstić information content (AvgIpc) is 2.84. The fraction of sp³-hybridized carbons (Fsp3) is 0.846. The van der Waals surface area contributed by atoms with Gasteiger partial charge in [0.05, 0.1) is 12.5 Å². The Bertz CT molecular complexity index is 423. The first-order valence-corrected chi connectivity index (χ1v) is 6.98. The van der Waals surface area contributed by atoms with E-state index in [4.69, 9.17) is 4.42 Å². The van der Waals surface area contributed by atoms with Crippen molar-refractivity contribution in [2.75, 3.05) is 0 Å². The summed E-state index contributed by atoms with van der Waals surface area (Å²) in [6.07, 6.45) is -2.86. The number of nitrogens with one attached hydrogen (secondary N) is 1. The summed E-state index contributed by atoms with van der Waals surface area (Å²) in [7, 11) is 0. The summed E-state index contributed by atoms with van der Waals surface area (Å²) in [5, 5.41) is 11.1. The second-order valence-corrected chi connectivity index (χ2v) is 5.66. The van der Waals surface area contributed by atoms with Crippen LogP contribution < -0.4 is 5.32 Å². The van der Waals surface area contributed by atoms with Gasteiger partial charge in [-0.25, -0.2) is 0 Å². The summed E-state index contributed by atoms with van der Waals surface area (Å²) in [6, 6.07) is 0.313. The van der Waals surface area contributed by atoms with Crippen LogP contribution in [0.2, 0.25) is 0 Å². The van der Waals surface area contributed by atoms with E-state index < -0.39 is 12.1 Å². The molecule has 0 aliphatic heterocycles. The first-order valence-electron chi connectivity index (χ1n) is 6.98. The largest absolute Gasteiger partial charge is 0.424 e. The maximum absolute atomic E-state index is 12.6. The summed E-state index contributed by atoms with van der Waals surface area (Å²) in [4.78, 5) is 0. The summed E-state index contributed by atoms with van der Waals surface area (Å²) in [5.41, 5.74) is 0. The molecule has 4 nitrogen and oxygen atoms in total. The van der Waals surface area contributed by atoms with E-state index in [0.717, 1.165) is 0 Å². The molecule has 0 spiro atoms. The monoisotopic (exact) mass is 291 g/mol. The molecule has 20 heavy (non-hydrogen) atoms. The molecule has 0 bridgehead atoms. The molecule has 0 unspecified atom stereocenters. The fourth-order valence-electron chi connectivity index (χ4n) is 2.46. The van der Waals surface area contributed by atoms with Crippen molar-refractivity contribution < 1.29 is 17.6 Å². The van der Waals surface area contributed by atoms with Crippen molar-refractivity contribution in [3.05, 3.63) is 11.8 Å². The topological polar surface area (TPSA) is 51.0 Å². The fourth-order valence-corrected chi connectivity index (χ4v) is 2.46. The van der Waals surface area contributed by atoms with Crippen LogP contribution in [0.25, 0.3) is 0 Å². The second kappa shape index (κ2) is 6.11. The molecule has 114 valence electrons. The van der Waals surface area contributed by atoms with Gasteiger partial charge in [-0.15, -0.1) is 10.2 Å². The number of hydrogen-bond donors (Lipinski definition) is 1. The van der Waals surface area contributed by atoms with Crippen molar-refractivity contribution in [3.8, 4) is 0 Å². The Morgan fingerprint density at radius 1 is 1.20 bits per heavy atom. The van der Waals surface area contributed by atoms with Crippen LogP contribution in [-0.2, 0) is 6.54 Å². The van der Waals surface area contributed by atoms with Crippen molar-refractivity contribution in [1.82, 2.24) is 15.5 Å². The van der Waals surface area contributed by atoms with Gasteiger partial charge in [0, 0.05) is 12.0 Å². The van der Waals surface area contributed by atoms with E-state index in [2.05, 4.69) is 15.5 Å². The van der Waals surface area contributed by atoms with E-state index in [9.17, 15) is 13.2 Å². The third-order valence-electron chi connectivity index (χ3n) is 3.68. The van der Waals surface area contributed by atoms with Gasteiger partial charge in [0.25, 0.3) is 0 Å². The van der Waals surface area contributed by atoms with Gasteiger partial charge in [-0.3, -0.25) is 0 Å². The summed E-state index contributed by atoms with van der Waals surface area (Å²) in [5.74, 6) is -0.240. The molecular formula is C13H20F3N3O. The molecule has 1 N–H and O–H groups in total. The van der Waals surface area contributed by atoms with E-state index >= 15 is 0 Å². The zero-order valence-corrected chi connectivity index (χ0v) is 11.7. The van der Waals surface area contributed by atoms with Crippen LogP contribution in [0, 0.1) is 5.92 Å². The molecule has 0 atom stereocenters. The highest BCUT2D eigenvalue weighted by molar-refractivity contribution is 4.95. The zero-order chi connectivity index (χ0) is 14.8. The van der Waals surface area contributed by atoms with E-state index in [1.807, 2.05) is 13.8 Å². The number of rotatable bonds is 4. The quantitative estimate of drug-likeness (QED) is 0.923. The normalized spacial score (nSPS) is 24.3. The van der Waals surface area contributed by atoms with Crippen molar-refractivity contribution >= 4 is 0 Å². The minimum atomic E-state index is -4.08. The molecule has 1 saturated carbocycles. The van der Waals surface area contributed by atoms with Crippen molar-refractivity contribution in [2.24, 2.45) is 5.92 Å². The lowest BCUT2D eigenvalue weighted by Gasteiger charge is -2.27. The van der Waals surface area contributed by atoms with Gasteiger partial charge in [-0.05, 0) is 25.7 Å². The Labute approximate surface area is 116 Å². The SMILES string of the molecule is CC(C)NCc1nnc(C2CCC(C(F)(F)F)CC2)o1. The van der Waals surface area contributed by atoms with Crippen LogP contribution >= 0.6 is 0 Å². The molecule has 0 amide bonds. The van der Waals surface area contributed by atoms with Crippen molar-refractivity contribution in [3.63, 3.8) is 0 Å². The summed E-state index contributed by atoms with van der Waals surface area (Å²) >= 11 is 0. The Hall–Kier alpha value is -1.11. The third-order valence-corrected chi connectivity index (χ3v) is 3.68. The lowest BCUT2D eigenvalue weighted by Crippen LogP contribution is -2.27. The van der Waals surface area contributed by atoms with Crippen molar-refractivity contribution in [1.29, 1.82) is 0 Å². The first kappa shape index (κ1) is 15.3. The Morgan fingerprint density at radius 3 is 2.40 bits per heavy atom. The van der Waals surface area contributed by atoms with Crippen LogP contribution in [0.5, 0.6) is 0 Å². The molecule has 0 saturated heterocycles. The summed E-state index contributed by atoms with van der Waals surface area (Å²) in [6.45, 7) is 4.51. The molecule has 0 radical (unpaired) electrons. The van der Waals surface area contributed by atoms with Crippen LogP contribution in [0.3, 0.4) is 0 Å². The van der Waals surface area contributed by atoms with Gasteiger partial charge < -0.3 is 9.73 Å². The van der Waals surface area contributed by atoms with E-state index in [0.29, 0.717) is 37.2 Å². The second-order valence-electron chi connectivity index (χ2n) is 5.66. The van der Waals surface area contributed by atoms with Crippen LogP contribution in [-0.4, -0.2) is 22.4 Å². The molecule has 1 aromatic heterocycles. The average molecular weight is 291 g/mol. The molecule has 2 rings (SSSR count). The predicted molar refractivity (Wildman–Crippen MR) is 67.0 cm³/mol. The molecule has 7 heteroatoms. The molecule has 1 aliphatic carbocycles. The zero-order valence-electron chi connectivity index (χ0n) is 11.7. The minimum absolute atomic E-state index is 0.0334. The van der Waals surface area contributed by atoms with Gasteiger partial charge in [0.2, 0.25) is 11.8 Å². The molecule has 1 fully saturated rings. The van der Waals surface area contributed by atoms with Gasteiger partial charge in [0.15, 0.2) is 0 Å². The van der Waals surface area contributed by atoms with E-state index in [1.54, 1.807) is 0 Å². The molecular weight excluding hydrogens is 271 g/mol. The van der Waals surface area contributed by atoms with E-state index in [1.165, 1.54) is 0 Å². The first-order chi connectivity index (χ1) is 9.36. The Morgan fingerprint density at radius 2 is 1.85 bits per heavy atom. The lowest BCUT2D eigenvalue weighted by molar-refractivity contribution is -0.182. The number of nitrogens with zero attached hydrogens (tertiary/aromatic N) is 2. The smallest absolute Gasteiger partial charge is 0.391 e. The molecule has 1 aromatic rings. The highest BCUT2D eigenvalue weighted by Gasteiger charge is 2.42. The Balaban J connectivity index is 1.88. The third kappa shape index (κ3) is 3.94. The lowest BCUT2D eigenvalue weighted by atomic mass is 9.81. The van der Waals surface area contributed by atoms with Crippen LogP contribution in [0.1, 0.15) is 57.2 Å². The summed E-state index contributed by atoms with van der Waals surface area (Å²) < 4.78 is 43.3. The number of alkyl halides is 3. The number of aromatic nitrogens is 2. The van der Waals surface area contributed by atoms with Gasteiger partial charge >= 0.3 is 6.18 Å². The maximum Gasteiger partial charge on any atom is 0.391 e. The van der Waals surface area contributed by atoms with Crippen LogP contribution in [0.4, 0.5) is 13.2 Å².